The molecule has 1 aromatic carbocycles. The van der Waals surface area contributed by atoms with Crippen LogP contribution in [0.3, 0.4) is 0 Å². The molecule has 2 N–H and O–H groups in total. The number of phenols is 1. The van der Waals surface area contributed by atoms with Crippen molar-refractivity contribution in [3.05, 3.63) is 28.1 Å². The lowest BCUT2D eigenvalue weighted by Crippen LogP contribution is -1.84. The van der Waals surface area contributed by atoms with Crippen LogP contribution >= 0.6 is 22.6 Å². The molecule has 0 aliphatic heterocycles. The van der Waals surface area contributed by atoms with Gasteiger partial charge in [0.25, 0.3) is 5.89 Å². The fourth-order valence-electron chi connectivity index (χ4n) is 1.40. The van der Waals surface area contributed by atoms with Crippen LogP contribution in [0.1, 0.15) is 0 Å². The number of nitrogens with one attached hydrogen (secondary N) is 1. The Morgan fingerprint density at radius 3 is 2.94 bits per heavy atom. The van der Waals surface area contributed by atoms with Crippen molar-refractivity contribution < 1.29 is 9.63 Å². The summed E-state index contributed by atoms with van der Waals surface area (Å²) in [6.07, 6.45) is 1.36. The van der Waals surface area contributed by atoms with Crippen LogP contribution in [0.5, 0.6) is 5.75 Å². The minimum atomic E-state index is 0.174. The average Bonchev–Trinajstić information content (AvgIpc) is 3.01. The second-order valence-electron chi connectivity index (χ2n) is 3.42. The van der Waals surface area contributed by atoms with Gasteiger partial charge in [-0.25, -0.2) is 4.98 Å². The second-order valence-corrected chi connectivity index (χ2v) is 4.59. The Balaban J connectivity index is 2.00. The minimum Gasteiger partial charge on any atom is -0.507 e. The van der Waals surface area contributed by atoms with E-state index in [1.54, 1.807) is 18.2 Å². The van der Waals surface area contributed by atoms with Crippen molar-refractivity contribution >= 4 is 22.6 Å². The van der Waals surface area contributed by atoms with E-state index in [-0.39, 0.29) is 5.75 Å². The van der Waals surface area contributed by atoms with Gasteiger partial charge in [0.05, 0.1) is 3.57 Å². The van der Waals surface area contributed by atoms with E-state index >= 15 is 0 Å². The molecule has 0 saturated heterocycles. The Bertz CT molecular complexity index is 679. The van der Waals surface area contributed by atoms with Crippen molar-refractivity contribution in [1.82, 2.24) is 25.3 Å². The van der Waals surface area contributed by atoms with Crippen LogP contribution in [-0.4, -0.2) is 30.4 Å². The van der Waals surface area contributed by atoms with Crippen LogP contribution in [0.25, 0.3) is 23.1 Å². The van der Waals surface area contributed by atoms with Gasteiger partial charge in [0.1, 0.15) is 12.1 Å². The van der Waals surface area contributed by atoms with Crippen LogP contribution in [0, 0.1) is 3.57 Å². The molecule has 3 aromatic rings. The van der Waals surface area contributed by atoms with Crippen LogP contribution in [0.4, 0.5) is 0 Å². The molecule has 2 aromatic heterocycles. The summed E-state index contributed by atoms with van der Waals surface area (Å²) in [5.74, 6) is 1.24. The Hall–Kier alpha value is -1.97. The maximum absolute atomic E-state index is 9.63. The number of phenolic OH excluding ortho intramolecular Hbond substituents is 1. The molecule has 0 fully saturated rings. The van der Waals surface area contributed by atoms with E-state index in [4.69, 9.17) is 4.52 Å². The van der Waals surface area contributed by atoms with Crippen molar-refractivity contribution in [2.24, 2.45) is 0 Å². The summed E-state index contributed by atoms with van der Waals surface area (Å²) in [5, 5.41) is 19.8. The fourth-order valence-corrected chi connectivity index (χ4v) is 1.73. The average molecular weight is 355 g/mol. The number of aromatic nitrogens is 5. The third kappa shape index (κ3) is 1.94. The van der Waals surface area contributed by atoms with Crippen molar-refractivity contribution in [1.29, 1.82) is 0 Å². The van der Waals surface area contributed by atoms with Gasteiger partial charge in [0.15, 0.2) is 5.82 Å². The molecule has 18 heavy (non-hydrogen) atoms. The standard InChI is InChI=1S/C10H6IN5O2/c11-6-2-1-5(3-7(6)17)10-14-9(16-18-10)8-12-4-13-15-8/h1-4,17H,(H,12,13,15). The first-order valence-electron chi connectivity index (χ1n) is 4.92. The second kappa shape index (κ2) is 4.37. The molecule has 0 aliphatic carbocycles. The van der Waals surface area contributed by atoms with Crippen molar-refractivity contribution in [2.75, 3.05) is 0 Å². The van der Waals surface area contributed by atoms with Gasteiger partial charge >= 0.3 is 0 Å². The molecule has 0 unspecified atom stereocenters. The van der Waals surface area contributed by atoms with Gasteiger partial charge in [-0.1, -0.05) is 5.16 Å². The molecular weight excluding hydrogens is 349 g/mol. The first-order valence-corrected chi connectivity index (χ1v) is 6.00. The van der Waals surface area contributed by atoms with Gasteiger partial charge < -0.3 is 9.63 Å². The van der Waals surface area contributed by atoms with Crippen LogP contribution in [-0.2, 0) is 0 Å². The zero-order valence-corrected chi connectivity index (χ0v) is 11.0. The molecule has 90 valence electrons. The molecular formula is C10H6IN5O2. The molecule has 0 aliphatic rings. The van der Waals surface area contributed by atoms with Crippen LogP contribution < -0.4 is 0 Å². The summed E-state index contributed by atoms with van der Waals surface area (Å²) in [5.41, 5.74) is 0.645. The largest absolute Gasteiger partial charge is 0.507 e. The number of aromatic amines is 1. The molecule has 0 atom stereocenters. The van der Waals surface area contributed by atoms with E-state index in [0.29, 0.717) is 23.1 Å². The third-order valence-corrected chi connectivity index (χ3v) is 3.16. The predicted molar refractivity (Wildman–Crippen MR) is 69.5 cm³/mol. The fraction of sp³-hybridized carbons (Fsp3) is 0. The summed E-state index contributed by atoms with van der Waals surface area (Å²) in [6.45, 7) is 0. The zero-order chi connectivity index (χ0) is 12.5. The van der Waals surface area contributed by atoms with E-state index in [9.17, 15) is 5.11 Å². The van der Waals surface area contributed by atoms with Crippen LogP contribution in [0.2, 0.25) is 0 Å². The SMILES string of the molecule is Oc1cc(-c2nc(-c3ncn[nH]3)no2)ccc1I. The van der Waals surface area contributed by atoms with E-state index in [2.05, 4.69) is 25.3 Å². The highest BCUT2D eigenvalue weighted by molar-refractivity contribution is 14.1. The predicted octanol–water partition coefficient (Wildman–Crippen LogP) is 1.83. The third-order valence-electron chi connectivity index (χ3n) is 2.25. The molecule has 8 heteroatoms. The lowest BCUT2D eigenvalue weighted by atomic mass is 10.2. The maximum atomic E-state index is 9.63. The summed E-state index contributed by atoms with van der Waals surface area (Å²) in [6, 6.07) is 5.13. The summed E-state index contributed by atoms with van der Waals surface area (Å²) in [4.78, 5) is 8.09. The normalized spacial score (nSPS) is 10.7. The molecule has 0 radical (unpaired) electrons. The molecule has 2 heterocycles. The first kappa shape index (κ1) is 11.1. The van der Waals surface area contributed by atoms with Crippen LogP contribution in [0.15, 0.2) is 29.0 Å². The Morgan fingerprint density at radius 1 is 1.33 bits per heavy atom. The molecule has 0 bridgehead atoms. The Kier molecular flexibility index (Phi) is 2.70. The van der Waals surface area contributed by atoms with E-state index in [0.717, 1.165) is 3.57 Å². The smallest absolute Gasteiger partial charge is 0.258 e. The van der Waals surface area contributed by atoms with Gasteiger partial charge in [-0.3, -0.25) is 5.10 Å². The summed E-state index contributed by atoms with van der Waals surface area (Å²) in [7, 11) is 0. The van der Waals surface area contributed by atoms with Crippen molar-refractivity contribution in [3.63, 3.8) is 0 Å². The number of aromatic hydroxyl groups is 1. The lowest BCUT2D eigenvalue weighted by Gasteiger charge is -1.97. The van der Waals surface area contributed by atoms with Gasteiger partial charge in [0, 0.05) is 5.56 Å². The quantitative estimate of drug-likeness (QED) is 0.681. The Labute approximate surface area is 114 Å². The van der Waals surface area contributed by atoms with Gasteiger partial charge in [-0.05, 0) is 40.8 Å². The number of hydrogen-bond acceptors (Lipinski definition) is 6. The highest BCUT2D eigenvalue weighted by Gasteiger charge is 2.13. The highest BCUT2D eigenvalue weighted by atomic mass is 127. The van der Waals surface area contributed by atoms with Crippen molar-refractivity contribution in [3.8, 4) is 28.9 Å². The van der Waals surface area contributed by atoms with Gasteiger partial charge in [-0.15, -0.1) is 0 Å². The summed E-state index contributed by atoms with van der Waals surface area (Å²) >= 11 is 2.03. The first-order chi connectivity index (χ1) is 8.74. The number of hydrogen-bond donors (Lipinski definition) is 2. The molecule has 0 spiro atoms. The van der Waals surface area contributed by atoms with E-state index in [1.807, 2.05) is 22.6 Å². The number of rotatable bonds is 2. The number of nitrogens with zero attached hydrogens (tertiary/aromatic N) is 4. The molecule has 0 saturated carbocycles. The van der Waals surface area contributed by atoms with Gasteiger partial charge in [0.2, 0.25) is 5.82 Å². The molecule has 3 rings (SSSR count). The summed E-state index contributed by atoms with van der Waals surface area (Å²) < 4.78 is 5.86. The lowest BCUT2D eigenvalue weighted by molar-refractivity contribution is 0.431. The monoisotopic (exact) mass is 355 g/mol. The van der Waals surface area contributed by atoms with E-state index in [1.165, 1.54) is 6.33 Å². The number of halogens is 1. The molecule has 0 amide bonds. The van der Waals surface area contributed by atoms with Crippen molar-refractivity contribution in [2.45, 2.75) is 0 Å². The zero-order valence-electron chi connectivity index (χ0n) is 8.83. The Morgan fingerprint density at radius 2 is 2.22 bits per heavy atom. The number of H-pyrrole nitrogens is 1. The highest BCUT2D eigenvalue weighted by Crippen LogP contribution is 2.27. The minimum absolute atomic E-state index is 0.174. The topological polar surface area (TPSA) is 101 Å². The molecule has 7 nitrogen and oxygen atoms in total. The number of benzene rings is 1. The van der Waals surface area contributed by atoms with E-state index < -0.39 is 0 Å². The van der Waals surface area contributed by atoms with Gasteiger partial charge in [-0.2, -0.15) is 10.1 Å². The maximum Gasteiger partial charge on any atom is 0.258 e.